The average Bonchev–Trinajstić information content (AvgIpc) is 3.18. The fraction of sp³-hybridized carbons (Fsp3) is 0.381. The fourth-order valence-corrected chi connectivity index (χ4v) is 5.21. The van der Waals surface area contributed by atoms with Gasteiger partial charge in [-0.3, -0.25) is 4.79 Å². The Kier molecular flexibility index (Phi) is 7.17. The molecule has 0 saturated carbocycles. The molecule has 0 spiro atoms. The molecule has 0 unspecified atom stereocenters. The summed E-state index contributed by atoms with van der Waals surface area (Å²) in [5, 5.41) is 7.37. The number of aryl methyl sites for hydroxylation is 2. The number of sulfone groups is 1. The maximum atomic E-state index is 12.0. The van der Waals surface area contributed by atoms with Crippen LogP contribution in [0, 0.1) is 13.8 Å². The number of esters is 1. The number of ether oxygens (including phenoxy) is 1. The number of nitrogens with one attached hydrogen (secondary N) is 1. The minimum absolute atomic E-state index is 0.0537. The van der Waals surface area contributed by atoms with Crippen LogP contribution in [0.25, 0.3) is 6.08 Å². The van der Waals surface area contributed by atoms with Crippen molar-refractivity contribution in [1.82, 2.24) is 15.1 Å². The predicted octanol–water partition coefficient (Wildman–Crippen LogP) is 2.06. The van der Waals surface area contributed by atoms with Crippen LogP contribution >= 0.6 is 11.6 Å². The molecule has 1 amide bonds. The van der Waals surface area contributed by atoms with Gasteiger partial charge >= 0.3 is 5.97 Å². The molecule has 10 heteroatoms. The first-order valence-electron chi connectivity index (χ1n) is 9.76. The van der Waals surface area contributed by atoms with Gasteiger partial charge in [0.2, 0.25) is 0 Å². The Bertz CT molecular complexity index is 1110. The maximum absolute atomic E-state index is 12.0. The molecule has 2 aromatic rings. The number of amides is 1. The molecule has 1 saturated heterocycles. The van der Waals surface area contributed by atoms with Gasteiger partial charge in [0.15, 0.2) is 16.4 Å². The van der Waals surface area contributed by atoms with Crippen LogP contribution in [0.5, 0.6) is 0 Å². The summed E-state index contributed by atoms with van der Waals surface area (Å²) in [6, 6.07) is 7.59. The largest absolute Gasteiger partial charge is 0.452 e. The lowest BCUT2D eigenvalue weighted by Gasteiger charge is -2.10. The summed E-state index contributed by atoms with van der Waals surface area (Å²) in [6.07, 6.45) is 3.05. The van der Waals surface area contributed by atoms with Gasteiger partial charge in [0.1, 0.15) is 5.15 Å². The summed E-state index contributed by atoms with van der Waals surface area (Å²) in [5.74, 6) is -1.28. The highest BCUT2D eigenvalue weighted by Crippen LogP contribution is 2.22. The zero-order valence-corrected chi connectivity index (χ0v) is 18.9. The zero-order valence-electron chi connectivity index (χ0n) is 17.3. The van der Waals surface area contributed by atoms with E-state index in [4.69, 9.17) is 16.3 Å². The van der Waals surface area contributed by atoms with Crippen molar-refractivity contribution in [3.05, 3.63) is 57.9 Å². The zero-order chi connectivity index (χ0) is 22.6. The lowest BCUT2D eigenvalue weighted by atomic mass is 10.1. The number of hydrogen-bond acceptors (Lipinski definition) is 6. The molecule has 0 aliphatic carbocycles. The number of carbonyl (C=O) groups excluding carboxylic acids is 2. The van der Waals surface area contributed by atoms with Gasteiger partial charge in [-0.15, -0.1) is 0 Å². The number of rotatable bonds is 7. The van der Waals surface area contributed by atoms with Crippen LogP contribution in [0.1, 0.15) is 28.8 Å². The van der Waals surface area contributed by atoms with Crippen molar-refractivity contribution in [2.75, 3.05) is 18.1 Å². The second-order valence-electron chi connectivity index (χ2n) is 7.54. The number of nitrogens with zero attached hydrogens (tertiary/aromatic N) is 2. The SMILES string of the molecule is Cc1ccc(Cn2nc(C)c(/C=C/C(=O)OCC(=O)N[C@H]3CCS(=O)(=O)C3)c2Cl)cc1. The summed E-state index contributed by atoms with van der Waals surface area (Å²) in [5.41, 5.74) is 3.45. The Balaban J connectivity index is 1.53. The van der Waals surface area contributed by atoms with E-state index in [1.807, 2.05) is 31.2 Å². The van der Waals surface area contributed by atoms with Gasteiger partial charge in [-0.05, 0) is 31.9 Å². The first kappa shape index (κ1) is 23.0. The smallest absolute Gasteiger partial charge is 0.331 e. The van der Waals surface area contributed by atoms with Crippen LogP contribution in [0.4, 0.5) is 0 Å². The summed E-state index contributed by atoms with van der Waals surface area (Å²) in [6.45, 7) is 3.81. The molecule has 166 valence electrons. The van der Waals surface area contributed by atoms with Gasteiger partial charge in [-0.1, -0.05) is 41.4 Å². The molecule has 1 aliphatic rings. The molecule has 1 fully saturated rings. The first-order valence-corrected chi connectivity index (χ1v) is 12.0. The molecular weight excluding hydrogens is 442 g/mol. The summed E-state index contributed by atoms with van der Waals surface area (Å²) in [7, 11) is -3.09. The van der Waals surface area contributed by atoms with Crippen LogP contribution in [-0.4, -0.2) is 54.2 Å². The Morgan fingerprint density at radius 1 is 1.29 bits per heavy atom. The van der Waals surface area contributed by atoms with Gasteiger partial charge in [-0.25, -0.2) is 17.9 Å². The maximum Gasteiger partial charge on any atom is 0.331 e. The topological polar surface area (TPSA) is 107 Å². The predicted molar refractivity (Wildman–Crippen MR) is 117 cm³/mol. The van der Waals surface area contributed by atoms with E-state index >= 15 is 0 Å². The number of carbonyl (C=O) groups is 2. The molecule has 1 aromatic carbocycles. The van der Waals surface area contributed by atoms with Crippen LogP contribution < -0.4 is 5.32 Å². The van der Waals surface area contributed by atoms with E-state index in [0.29, 0.717) is 29.4 Å². The van der Waals surface area contributed by atoms with Gasteiger partial charge in [0.05, 0.1) is 23.7 Å². The van der Waals surface area contributed by atoms with Gasteiger partial charge in [-0.2, -0.15) is 5.10 Å². The molecule has 8 nitrogen and oxygen atoms in total. The average molecular weight is 466 g/mol. The summed E-state index contributed by atoms with van der Waals surface area (Å²) in [4.78, 5) is 23.8. The molecule has 1 aromatic heterocycles. The van der Waals surface area contributed by atoms with E-state index in [0.717, 1.165) is 11.1 Å². The third kappa shape index (κ3) is 6.41. The van der Waals surface area contributed by atoms with Crippen molar-refractivity contribution in [3.8, 4) is 0 Å². The van der Waals surface area contributed by atoms with Gasteiger partial charge < -0.3 is 10.1 Å². The fourth-order valence-electron chi connectivity index (χ4n) is 3.24. The number of hydrogen-bond donors (Lipinski definition) is 1. The van der Waals surface area contributed by atoms with Crippen molar-refractivity contribution in [2.24, 2.45) is 0 Å². The molecule has 1 N–H and O–H groups in total. The second kappa shape index (κ2) is 9.65. The van der Waals surface area contributed by atoms with Gasteiger partial charge in [0.25, 0.3) is 5.91 Å². The van der Waals surface area contributed by atoms with E-state index in [-0.39, 0.29) is 11.5 Å². The van der Waals surface area contributed by atoms with E-state index in [1.165, 1.54) is 12.2 Å². The Morgan fingerprint density at radius 2 is 2.00 bits per heavy atom. The van der Waals surface area contributed by atoms with Crippen molar-refractivity contribution >= 4 is 39.4 Å². The molecule has 0 bridgehead atoms. The minimum Gasteiger partial charge on any atom is -0.452 e. The Morgan fingerprint density at radius 3 is 2.65 bits per heavy atom. The van der Waals surface area contributed by atoms with E-state index in [1.54, 1.807) is 11.6 Å². The van der Waals surface area contributed by atoms with E-state index in [9.17, 15) is 18.0 Å². The van der Waals surface area contributed by atoms with Gasteiger partial charge in [0, 0.05) is 17.7 Å². The highest BCUT2D eigenvalue weighted by atomic mass is 35.5. The molecule has 1 aliphatic heterocycles. The first-order chi connectivity index (χ1) is 14.6. The van der Waals surface area contributed by atoms with E-state index in [2.05, 4.69) is 10.4 Å². The Labute approximate surface area is 186 Å². The van der Waals surface area contributed by atoms with Crippen LogP contribution in [0.2, 0.25) is 5.15 Å². The standard InChI is InChI=1S/C21H24ClN3O5S/c1-14-3-5-16(6-4-14)11-25-21(22)18(15(2)24-25)7-8-20(27)30-12-19(26)23-17-9-10-31(28,29)13-17/h3-8,17H,9-13H2,1-2H3,(H,23,26)/b8-7+/t17-/m0/s1. The molecule has 2 heterocycles. The lowest BCUT2D eigenvalue weighted by molar-refractivity contribution is -0.143. The van der Waals surface area contributed by atoms with Crippen LogP contribution in [0.15, 0.2) is 30.3 Å². The number of benzene rings is 1. The monoisotopic (exact) mass is 465 g/mol. The van der Waals surface area contributed by atoms with Crippen molar-refractivity contribution in [1.29, 1.82) is 0 Å². The minimum atomic E-state index is -3.09. The molecule has 1 atom stereocenters. The van der Waals surface area contributed by atoms with Crippen molar-refractivity contribution < 1.29 is 22.7 Å². The summed E-state index contributed by atoms with van der Waals surface area (Å²) >= 11 is 6.42. The molecule has 3 rings (SSSR count). The molecule has 31 heavy (non-hydrogen) atoms. The third-order valence-electron chi connectivity index (χ3n) is 4.89. The van der Waals surface area contributed by atoms with E-state index < -0.39 is 34.4 Å². The normalized spacial score (nSPS) is 17.7. The Hall–Kier alpha value is -2.65. The molecular formula is C21H24ClN3O5S. The third-order valence-corrected chi connectivity index (χ3v) is 7.06. The van der Waals surface area contributed by atoms with Crippen LogP contribution in [0.3, 0.4) is 0 Å². The quantitative estimate of drug-likeness (QED) is 0.495. The molecule has 0 radical (unpaired) electrons. The second-order valence-corrected chi connectivity index (χ2v) is 10.1. The van der Waals surface area contributed by atoms with Crippen molar-refractivity contribution in [2.45, 2.75) is 32.9 Å². The summed E-state index contributed by atoms with van der Waals surface area (Å²) < 4.78 is 29.4. The van der Waals surface area contributed by atoms with Crippen molar-refractivity contribution in [3.63, 3.8) is 0 Å². The number of aromatic nitrogens is 2. The van der Waals surface area contributed by atoms with Crippen LogP contribution in [-0.2, 0) is 30.7 Å². The number of halogens is 1. The highest BCUT2D eigenvalue weighted by molar-refractivity contribution is 7.91. The lowest BCUT2D eigenvalue weighted by Crippen LogP contribution is -2.38. The highest BCUT2D eigenvalue weighted by Gasteiger charge is 2.29.